The van der Waals surface area contributed by atoms with Gasteiger partial charge in [0.15, 0.2) is 11.3 Å². The Morgan fingerprint density at radius 1 is 1.21 bits per heavy atom. The summed E-state index contributed by atoms with van der Waals surface area (Å²) in [5.41, 5.74) is 1.34. The maximum atomic E-state index is 12.8. The van der Waals surface area contributed by atoms with Gasteiger partial charge in [0.1, 0.15) is 0 Å². The summed E-state index contributed by atoms with van der Waals surface area (Å²) < 4.78 is 5.74. The van der Waals surface area contributed by atoms with Gasteiger partial charge < -0.3 is 19.5 Å². The Bertz CT molecular complexity index is 779. The molecule has 3 rings (SSSR count). The summed E-state index contributed by atoms with van der Waals surface area (Å²) in [7, 11) is 0. The number of hydrogen-bond donors (Lipinski definition) is 1. The molecule has 0 spiro atoms. The summed E-state index contributed by atoms with van der Waals surface area (Å²) >= 11 is 6.15. The minimum atomic E-state index is -0.157. The van der Waals surface area contributed by atoms with Crippen LogP contribution in [0.3, 0.4) is 0 Å². The van der Waals surface area contributed by atoms with Gasteiger partial charge in [0.25, 0.3) is 5.91 Å². The van der Waals surface area contributed by atoms with E-state index in [4.69, 9.17) is 16.0 Å². The first-order valence-electron chi connectivity index (χ1n) is 8.02. The SMILES string of the molecule is CCNC(=O)N1CCN(C(=O)c2oc3c(Cl)cccc3c2C)CC1. The van der Waals surface area contributed by atoms with Gasteiger partial charge in [-0.2, -0.15) is 0 Å². The van der Waals surface area contributed by atoms with Crippen molar-refractivity contribution >= 4 is 34.5 Å². The Hall–Kier alpha value is -2.21. The number of nitrogens with zero attached hydrogens (tertiary/aromatic N) is 2. The molecule has 1 aliphatic rings. The first-order chi connectivity index (χ1) is 11.5. The zero-order valence-electron chi connectivity index (χ0n) is 13.8. The molecule has 3 amide bonds. The van der Waals surface area contributed by atoms with Gasteiger partial charge in [0.05, 0.1) is 5.02 Å². The molecule has 0 bridgehead atoms. The predicted octanol–water partition coefficient (Wildman–Crippen LogP) is 2.88. The first kappa shape index (κ1) is 16.6. The highest BCUT2D eigenvalue weighted by Gasteiger charge is 2.28. The van der Waals surface area contributed by atoms with E-state index in [9.17, 15) is 9.59 Å². The van der Waals surface area contributed by atoms with Crippen LogP contribution in [-0.2, 0) is 0 Å². The average Bonchev–Trinajstić information content (AvgIpc) is 2.93. The third-order valence-corrected chi connectivity index (χ3v) is 4.59. The minimum absolute atomic E-state index is 0.0868. The van der Waals surface area contributed by atoms with E-state index in [0.29, 0.717) is 49.1 Å². The Morgan fingerprint density at radius 3 is 2.50 bits per heavy atom. The molecule has 0 aliphatic carbocycles. The third kappa shape index (κ3) is 2.94. The molecule has 1 aromatic carbocycles. The van der Waals surface area contributed by atoms with Gasteiger partial charge in [-0.05, 0) is 19.9 Å². The van der Waals surface area contributed by atoms with Crippen molar-refractivity contribution in [2.24, 2.45) is 0 Å². The second kappa shape index (κ2) is 6.73. The molecule has 2 aromatic rings. The average molecular weight is 350 g/mol. The van der Waals surface area contributed by atoms with Crippen molar-refractivity contribution in [1.29, 1.82) is 0 Å². The molecular weight excluding hydrogens is 330 g/mol. The normalized spacial score (nSPS) is 15.0. The number of amides is 3. The lowest BCUT2D eigenvalue weighted by molar-refractivity contribution is 0.0635. The fourth-order valence-electron chi connectivity index (χ4n) is 2.93. The van der Waals surface area contributed by atoms with Crippen molar-refractivity contribution in [3.8, 4) is 0 Å². The van der Waals surface area contributed by atoms with Crippen LogP contribution in [0, 0.1) is 6.92 Å². The molecule has 0 atom stereocenters. The second-order valence-electron chi connectivity index (χ2n) is 5.79. The Kier molecular flexibility index (Phi) is 4.66. The van der Waals surface area contributed by atoms with Crippen LogP contribution in [0.4, 0.5) is 4.79 Å². The first-order valence-corrected chi connectivity index (χ1v) is 8.40. The van der Waals surface area contributed by atoms with E-state index >= 15 is 0 Å². The van der Waals surface area contributed by atoms with Crippen LogP contribution in [0.1, 0.15) is 23.0 Å². The topological polar surface area (TPSA) is 65.8 Å². The zero-order chi connectivity index (χ0) is 17.3. The van der Waals surface area contributed by atoms with Crippen molar-refractivity contribution in [1.82, 2.24) is 15.1 Å². The van der Waals surface area contributed by atoms with E-state index in [0.717, 1.165) is 10.9 Å². The highest BCUT2D eigenvalue weighted by molar-refractivity contribution is 6.35. The monoisotopic (exact) mass is 349 g/mol. The number of aryl methyl sites for hydroxylation is 1. The van der Waals surface area contributed by atoms with Gasteiger partial charge in [-0.3, -0.25) is 4.79 Å². The molecule has 1 N–H and O–H groups in total. The molecule has 0 saturated carbocycles. The fourth-order valence-corrected chi connectivity index (χ4v) is 3.15. The quantitative estimate of drug-likeness (QED) is 0.906. The Balaban J connectivity index is 1.75. The highest BCUT2D eigenvalue weighted by Crippen LogP contribution is 2.31. The number of urea groups is 1. The van der Waals surface area contributed by atoms with Gasteiger partial charge in [-0.1, -0.05) is 23.7 Å². The summed E-state index contributed by atoms with van der Waals surface area (Å²) in [5, 5.41) is 4.12. The minimum Gasteiger partial charge on any atom is -0.449 e. The lowest BCUT2D eigenvalue weighted by Crippen LogP contribution is -2.53. The summed E-state index contributed by atoms with van der Waals surface area (Å²) in [6, 6.07) is 5.39. The molecule has 0 unspecified atom stereocenters. The fraction of sp³-hybridized carbons (Fsp3) is 0.412. The molecule has 128 valence electrons. The Morgan fingerprint density at radius 2 is 1.88 bits per heavy atom. The molecule has 1 aromatic heterocycles. The van der Waals surface area contributed by atoms with Gasteiger partial charge >= 0.3 is 6.03 Å². The predicted molar refractivity (Wildman–Crippen MR) is 92.5 cm³/mol. The number of benzene rings is 1. The maximum Gasteiger partial charge on any atom is 0.317 e. The largest absolute Gasteiger partial charge is 0.449 e. The summed E-state index contributed by atoms with van der Waals surface area (Å²) in [5.74, 6) is 0.167. The molecule has 6 nitrogen and oxygen atoms in total. The van der Waals surface area contributed by atoms with Crippen LogP contribution in [-0.4, -0.2) is 54.5 Å². The maximum absolute atomic E-state index is 12.8. The lowest BCUT2D eigenvalue weighted by Gasteiger charge is -2.34. The second-order valence-corrected chi connectivity index (χ2v) is 6.19. The van der Waals surface area contributed by atoms with Crippen molar-refractivity contribution in [2.45, 2.75) is 13.8 Å². The zero-order valence-corrected chi connectivity index (χ0v) is 14.5. The standard InChI is InChI=1S/C17H20ClN3O3/c1-3-19-17(23)21-9-7-20(8-10-21)16(22)14-11(2)12-5-4-6-13(18)15(12)24-14/h4-6H,3,7-10H2,1-2H3,(H,19,23). The molecule has 1 fully saturated rings. The van der Waals surface area contributed by atoms with Crippen molar-refractivity contribution in [3.05, 3.63) is 34.5 Å². The van der Waals surface area contributed by atoms with E-state index in [1.165, 1.54) is 0 Å². The van der Waals surface area contributed by atoms with E-state index in [2.05, 4.69) is 5.32 Å². The number of piperazine rings is 1. The molecule has 2 heterocycles. The summed E-state index contributed by atoms with van der Waals surface area (Å²) in [6.45, 7) is 6.33. The van der Waals surface area contributed by atoms with Crippen molar-refractivity contribution in [2.75, 3.05) is 32.7 Å². The summed E-state index contributed by atoms with van der Waals surface area (Å²) in [4.78, 5) is 28.0. The van der Waals surface area contributed by atoms with E-state index in [1.54, 1.807) is 15.9 Å². The molecule has 1 saturated heterocycles. The van der Waals surface area contributed by atoms with Crippen LogP contribution in [0.5, 0.6) is 0 Å². The van der Waals surface area contributed by atoms with E-state index in [-0.39, 0.29) is 11.9 Å². The summed E-state index contributed by atoms with van der Waals surface area (Å²) in [6.07, 6.45) is 0. The molecule has 0 radical (unpaired) electrons. The molecule has 1 aliphatic heterocycles. The number of fused-ring (bicyclic) bond motifs is 1. The molecule has 24 heavy (non-hydrogen) atoms. The van der Waals surface area contributed by atoms with Crippen LogP contribution in [0.15, 0.2) is 22.6 Å². The van der Waals surface area contributed by atoms with Crippen LogP contribution >= 0.6 is 11.6 Å². The number of para-hydroxylation sites is 1. The lowest BCUT2D eigenvalue weighted by atomic mass is 10.1. The van der Waals surface area contributed by atoms with Crippen LogP contribution < -0.4 is 5.32 Å². The van der Waals surface area contributed by atoms with Crippen molar-refractivity contribution in [3.63, 3.8) is 0 Å². The number of carbonyl (C=O) groups excluding carboxylic acids is 2. The van der Waals surface area contributed by atoms with E-state index < -0.39 is 0 Å². The number of hydrogen-bond acceptors (Lipinski definition) is 3. The number of halogens is 1. The van der Waals surface area contributed by atoms with Gasteiger partial charge in [-0.15, -0.1) is 0 Å². The molecule has 7 heteroatoms. The number of furan rings is 1. The van der Waals surface area contributed by atoms with Gasteiger partial charge in [0, 0.05) is 43.7 Å². The number of rotatable bonds is 2. The Labute approximate surface area is 145 Å². The van der Waals surface area contributed by atoms with E-state index in [1.807, 2.05) is 26.0 Å². The van der Waals surface area contributed by atoms with Crippen LogP contribution in [0.25, 0.3) is 11.0 Å². The van der Waals surface area contributed by atoms with Gasteiger partial charge in [-0.25, -0.2) is 4.79 Å². The smallest absolute Gasteiger partial charge is 0.317 e. The number of nitrogens with one attached hydrogen (secondary N) is 1. The highest BCUT2D eigenvalue weighted by atomic mass is 35.5. The number of carbonyl (C=O) groups is 2. The van der Waals surface area contributed by atoms with Crippen molar-refractivity contribution < 1.29 is 14.0 Å². The third-order valence-electron chi connectivity index (χ3n) is 4.29. The van der Waals surface area contributed by atoms with Crippen LogP contribution in [0.2, 0.25) is 5.02 Å². The van der Waals surface area contributed by atoms with Gasteiger partial charge in [0.2, 0.25) is 0 Å². The molecular formula is C17H20ClN3O3.